The van der Waals surface area contributed by atoms with Gasteiger partial charge >= 0.3 is 5.97 Å². The topological polar surface area (TPSA) is 134 Å². The summed E-state index contributed by atoms with van der Waals surface area (Å²) in [5.74, 6) is -0.454. The molecule has 2 heterocycles. The summed E-state index contributed by atoms with van der Waals surface area (Å²) in [6.45, 7) is 2.56. The molecule has 0 saturated carbocycles. The van der Waals surface area contributed by atoms with E-state index in [2.05, 4.69) is 17.2 Å². The van der Waals surface area contributed by atoms with E-state index in [1.54, 1.807) is 25.1 Å². The number of amides is 1. The van der Waals surface area contributed by atoms with Crippen molar-refractivity contribution < 1.29 is 19.1 Å². The third-order valence-corrected chi connectivity index (χ3v) is 4.62. The lowest BCUT2D eigenvalue weighted by molar-refractivity contribution is -0.114. The Morgan fingerprint density at radius 1 is 1.16 bits per heavy atom. The number of carboxylic acids is 1. The zero-order valence-electron chi connectivity index (χ0n) is 16.8. The molecule has 31 heavy (non-hydrogen) atoms. The Labute approximate surface area is 178 Å². The molecule has 0 aliphatic carbocycles. The Kier molecular flexibility index (Phi) is 6.48. The number of carbonyl (C=O) groups excluding carboxylic acids is 1. The first kappa shape index (κ1) is 21.3. The van der Waals surface area contributed by atoms with Crippen LogP contribution in [0, 0.1) is 22.7 Å². The Morgan fingerprint density at radius 2 is 1.81 bits per heavy atom. The van der Waals surface area contributed by atoms with Gasteiger partial charge in [-0.2, -0.15) is 20.6 Å². The van der Waals surface area contributed by atoms with E-state index >= 15 is 0 Å². The highest BCUT2D eigenvalue weighted by molar-refractivity contribution is 6.32. The maximum atomic E-state index is 12.9. The van der Waals surface area contributed by atoms with Crippen LogP contribution >= 0.6 is 0 Å². The van der Waals surface area contributed by atoms with Crippen molar-refractivity contribution >= 4 is 35.2 Å². The molecule has 1 amide bonds. The molecule has 1 aliphatic heterocycles. The smallest absolute Gasteiger partial charge is 0.335 e. The van der Waals surface area contributed by atoms with Gasteiger partial charge in [0, 0.05) is 19.2 Å². The SMILES string of the molecule is CC1=NN(c2ccc(C(=O)O)cc2)C(=O)C1=Cc1ccc(N(CCC#N)CCC#N)o1. The summed E-state index contributed by atoms with van der Waals surface area (Å²) < 4.78 is 5.82. The van der Waals surface area contributed by atoms with Crippen molar-refractivity contribution in [1.29, 1.82) is 10.5 Å². The number of benzene rings is 1. The fraction of sp³-hybridized carbons (Fsp3) is 0.227. The average Bonchev–Trinajstić information content (AvgIpc) is 3.34. The van der Waals surface area contributed by atoms with Crippen molar-refractivity contribution in [3.05, 3.63) is 53.3 Å². The molecule has 1 aromatic carbocycles. The van der Waals surface area contributed by atoms with Gasteiger partial charge in [-0.05, 0) is 43.3 Å². The number of hydrazone groups is 1. The molecule has 156 valence electrons. The maximum Gasteiger partial charge on any atom is 0.335 e. The third-order valence-electron chi connectivity index (χ3n) is 4.62. The lowest BCUT2D eigenvalue weighted by atomic mass is 10.1. The van der Waals surface area contributed by atoms with Gasteiger partial charge in [0.1, 0.15) is 5.76 Å². The quantitative estimate of drug-likeness (QED) is 0.650. The molecule has 1 aliphatic rings. The van der Waals surface area contributed by atoms with Gasteiger partial charge in [0.05, 0.1) is 47.5 Å². The molecule has 3 rings (SSSR count). The fourth-order valence-electron chi connectivity index (χ4n) is 3.04. The lowest BCUT2D eigenvalue weighted by Crippen LogP contribution is -2.24. The second kappa shape index (κ2) is 9.42. The van der Waals surface area contributed by atoms with Gasteiger partial charge in [0.2, 0.25) is 0 Å². The monoisotopic (exact) mass is 417 g/mol. The molecule has 0 atom stereocenters. The van der Waals surface area contributed by atoms with Crippen LogP contribution < -0.4 is 9.91 Å². The van der Waals surface area contributed by atoms with Gasteiger partial charge in [0.25, 0.3) is 5.91 Å². The molecule has 9 heteroatoms. The number of hydrogen-bond donors (Lipinski definition) is 1. The largest absolute Gasteiger partial charge is 0.478 e. The molecule has 0 bridgehead atoms. The van der Waals surface area contributed by atoms with Gasteiger partial charge in [0.15, 0.2) is 5.88 Å². The second-order valence-electron chi connectivity index (χ2n) is 6.69. The van der Waals surface area contributed by atoms with E-state index in [1.807, 2.05) is 4.90 Å². The lowest BCUT2D eigenvalue weighted by Gasteiger charge is -2.18. The van der Waals surface area contributed by atoms with Gasteiger partial charge in [-0.15, -0.1) is 0 Å². The normalized spacial score (nSPS) is 14.3. The van der Waals surface area contributed by atoms with E-state index in [9.17, 15) is 9.59 Å². The van der Waals surface area contributed by atoms with E-state index in [0.717, 1.165) is 0 Å². The molecule has 0 saturated heterocycles. The molecule has 0 fully saturated rings. The van der Waals surface area contributed by atoms with Crippen LogP contribution in [0.4, 0.5) is 11.6 Å². The maximum absolute atomic E-state index is 12.9. The first-order chi connectivity index (χ1) is 14.9. The number of hydrogen-bond acceptors (Lipinski definition) is 7. The van der Waals surface area contributed by atoms with Crippen LogP contribution in [0.1, 0.15) is 35.9 Å². The highest BCUT2D eigenvalue weighted by Gasteiger charge is 2.29. The Hall–Kier alpha value is -4.37. The van der Waals surface area contributed by atoms with Crippen LogP contribution in [0.2, 0.25) is 0 Å². The van der Waals surface area contributed by atoms with Gasteiger partial charge in [-0.1, -0.05) is 0 Å². The number of anilines is 2. The number of carboxylic acid groups (broad SMARTS) is 1. The summed E-state index contributed by atoms with van der Waals surface area (Å²) in [5.41, 5.74) is 1.42. The summed E-state index contributed by atoms with van der Waals surface area (Å²) in [6.07, 6.45) is 2.17. The minimum Gasteiger partial charge on any atom is -0.478 e. The zero-order valence-corrected chi connectivity index (χ0v) is 16.8. The summed E-state index contributed by atoms with van der Waals surface area (Å²) in [5, 5.41) is 32.2. The summed E-state index contributed by atoms with van der Waals surface area (Å²) in [7, 11) is 0. The van der Waals surface area contributed by atoms with Gasteiger partial charge in [-0.25, -0.2) is 4.79 Å². The molecule has 1 N–H and O–H groups in total. The van der Waals surface area contributed by atoms with Crippen molar-refractivity contribution in [3.8, 4) is 12.1 Å². The van der Waals surface area contributed by atoms with Crippen molar-refractivity contribution in [1.82, 2.24) is 0 Å². The third kappa shape index (κ3) is 4.80. The van der Waals surface area contributed by atoms with Crippen LogP contribution in [-0.2, 0) is 4.79 Å². The fourth-order valence-corrected chi connectivity index (χ4v) is 3.04. The highest BCUT2D eigenvalue weighted by Crippen LogP contribution is 2.27. The van der Waals surface area contributed by atoms with Crippen molar-refractivity contribution in [2.75, 3.05) is 23.0 Å². The van der Waals surface area contributed by atoms with E-state index in [1.165, 1.54) is 29.3 Å². The van der Waals surface area contributed by atoms with Crippen LogP contribution in [0.25, 0.3) is 6.08 Å². The number of nitriles is 2. The Morgan fingerprint density at radius 3 is 2.39 bits per heavy atom. The molecular formula is C22H19N5O4. The van der Waals surface area contributed by atoms with Gasteiger partial charge in [-0.3, -0.25) is 4.79 Å². The second-order valence-corrected chi connectivity index (χ2v) is 6.69. The Bertz CT molecular complexity index is 1110. The first-order valence-electron chi connectivity index (χ1n) is 9.48. The molecule has 0 radical (unpaired) electrons. The van der Waals surface area contributed by atoms with Crippen LogP contribution in [0.3, 0.4) is 0 Å². The number of aromatic carboxylic acids is 1. The number of carbonyl (C=O) groups is 2. The van der Waals surface area contributed by atoms with E-state index < -0.39 is 5.97 Å². The molecule has 0 unspecified atom stereocenters. The highest BCUT2D eigenvalue weighted by atomic mass is 16.4. The van der Waals surface area contributed by atoms with Crippen LogP contribution in [-0.4, -0.2) is 35.8 Å². The molecular weight excluding hydrogens is 398 g/mol. The summed E-state index contributed by atoms with van der Waals surface area (Å²) in [6, 6.07) is 13.5. The molecule has 9 nitrogen and oxygen atoms in total. The number of furan rings is 1. The average molecular weight is 417 g/mol. The minimum atomic E-state index is -1.05. The minimum absolute atomic E-state index is 0.118. The van der Waals surface area contributed by atoms with E-state index in [0.29, 0.717) is 54.5 Å². The van der Waals surface area contributed by atoms with E-state index in [4.69, 9.17) is 20.0 Å². The summed E-state index contributed by atoms with van der Waals surface area (Å²) >= 11 is 0. The summed E-state index contributed by atoms with van der Waals surface area (Å²) in [4.78, 5) is 25.7. The predicted molar refractivity (Wildman–Crippen MR) is 113 cm³/mol. The van der Waals surface area contributed by atoms with Crippen molar-refractivity contribution in [2.45, 2.75) is 19.8 Å². The van der Waals surface area contributed by atoms with Gasteiger partial charge < -0.3 is 14.4 Å². The van der Waals surface area contributed by atoms with Crippen molar-refractivity contribution in [2.24, 2.45) is 5.10 Å². The molecule has 1 aromatic heterocycles. The molecule has 2 aromatic rings. The number of rotatable bonds is 8. The first-order valence-corrected chi connectivity index (χ1v) is 9.48. The zero-order chi connectivity index (χ0) is 22.4. The molecule has 0 spiro atoms. The predicted octanol–water partition coefficient (Wildman–Crippen LogP) is 3.42. The van der Waals surface area contributed by atoms with Crippen LogP contribution in [0.5, 0.6) is 0 Å². The van der Waals surface area contributed by atoms with Crippen molar-refractivity contribution in [3.63, 3.8) is 0 Å². The van der Waals surface area contributed by atoms with E-state index in [-0.39, 0.29) is 11.5 Å². The Balaban J connectivity index is 1.80. The number of nitrogens with zero attached hydrogens (tertiary/aromatic N) is 5. The van der Waals surface area contributed by atoms with Crippen LogP contribution in [0.15, 0.2) is 51.5 Å². The standard InChI is InChI=1S/C22H19N5O4/c1-15-19(21(28)27(25-15)17-6-4-16(5-7-17)22(29)30)14-18-8-9-20(31-18)26(12-2-10-23)13-3-11-24/h4-9,14H,2-3,12-13H2,1H3,(H,29,30).